The maximum absolute atomic E-state index is 11.5. The van der Waals surface area contributed by atoms with Crippen molar-refractivity contribution in [2.45, 2.75) is 27.2 Å². The Morgan fingerprint density at radius 2 is 2.19 bits per heavy atom. The van der Waals surface area contributed by atoms with E-state index in [1.54, 1.807) is 13.0 Å². The molecule has 0 saturated carbocycles. The van der Waals surface area contributed by atoms with Crippen LogP contribution in [0.2, 0.25) is 0 Å². The standard InChI is InChI=1S/C12H16O4/c1-4-16-11(15)10(14)8-7-12(2,3)6-5-9(8)13/h5-6,14H,4,7H2,1-3H3. The van der Waals surface area contributed by atoms with E-state index < -0.39 is 11.7 Å². The summed E-state index contributed by atoms with van der Waals surface area (Å²) in [7, 11) is 0. The molecule has 0 bridgehead atoms. The number of ketones is 1. The van der Waals surface area contributed by atoms with E-state index in [9.17, 15) is 14.7 Å². The molecule has 0 aromatic heterocycles. The number of aliphatic hydroxyl groups excluding tert-OH is 1. The van der Waals surface area contributed by atoms with Crippen LogP contribution in [-0.4, -0.2) is 23.5 Å². The summed E-state index contributed by atoms with van der Waals surface area (Å²) in [5, 5.41) is 9.63. The average Bonchev–Trinajstić information content (AvgIpc) is 2.21. The third-order valence-electron chi connectivity index (χ3n) is 2.37. The highest BCUT2D eigenvalue weighted by atomic mass is 16.5. The minimum Gasteiger partial charge on any atom is -0.502 e. The topological polar surface area (TPSA) is 63.6 Å². The fourth-order valence-electron chi connectivity index (χ4n) is 1.53. The lowest BCUT2D eigenvalue weighted by Gasteiger charge is -2.25. The van der Waals surface area contributed by atoms with Gasteiger partial charge in [-0.15, -0.1) is 0 Å². The lowest BCUT2D eigenvalue weighted by atomic mass is 9.79. The van der Waals surface area contributed by atoms with Crippen LogP contribution in [0, 0.1) is 5.41 Å². The van der Waals surface area contributed by atoms with Crippen LogP contribution < -0.4 is 0 Å². The molecule has 0 heterocycles. The lowest BCUT2D eigenvalue weighted by Crippen LogP contribution is -2.22. The van der Waals surface area contributed by atoms with Gasteiger partial charge in [0.25, 0.3) is 0 Å². The second kappa shape index (κ2) is 4.51. The molecule has 1 aliphatic rings. The Bertz CT molecular complexity index is 374. The molecule has 16 heavy (non-hydrogen) atoms. The van der Waals surface area contributed by atoms with Gasteiger partial charge in [0.15, 0.2) is 5.78 Å². The molecule has 0 aliphatic heterocycles. The molecule has 0 amide bonds. The predicted octanol–water partition coefficient (Wildman–Crippen LogP) is 1.92. The van der Waals surface area contributed by atoms with Gasteiger partial charge in [-0.1, -0.05) is 19.9 Å². The number of rotatable bonds is 2. The van der Waals surface area contributed by atoms with Crippen LogP contribution in [0.4, 0.5) is 0 Å². The van der Waals surface area contributed by atoms with Crippen LogP contribution >= 0.6 is 0 Å². The van der Waals surface area contributed by atoms with Crippen LogP contribution in [0.1, 0.15) is 27.2 Å². The summed E-state index contributed by atoms with van der Waals surface area (Å²) in [6.07, 6.45) is 3.50. The molecular weight excluding hydrogens is 208 g/mol. The number of aliphatic hydroxyl groups is 1. The Kier molecular flexibility index (Phi) is 3.52. The van der Waals surface area contributed by atoms with Crippen LogP contribution in [0.25, 0.3) is 0 Å². The van der Waals surface area contributed by atoms with E-state index in [1.165, 1.54) is 6.08 Å². The van der Waals surface area contributed by atoms with E-state index in [4.69, 9.17) is 0 Å². The molecule has 0 fully saturated rings. The average molecular weight is 224 g/mol. The summed E-state index contributed by atoms with van der Waals surface area (Å²) in [4.78, 5) is 22.8. The normalized spacial score (nSPS) is 21.8. The van der Waals surface area contributed by atoms with E-state index in [1.807, 2.05) is 13.8 Å². The van der Waals surface area contributed by atoms with Crippen LogP contribution in [0.15, 0.2) is 23.5 Å². The van der Waals surface area contributed by atoms with Gasteiger partial charge in [0.05, 0.1) is 6.61 Å². The fourth-order valence-corrected chi connectivity index (χ4v) is 1.53. The van der Waals surface area contributed by atoms with Crippen LogP contribution in [0.5, 0.6) is 0 Å². The highest BCUT2D eigenvalue weighted by Gasteiger charge is 2.29. The number of hydrogen-bond donors (Lipinski definition) is 1. The van der Waals surface area contributed by atoms with E-state index in [-0.39, 0.29) is 23.4 Å². The number of ether oxygens (including phenoxy) is 1. The van der Waals surface area contributed by atoms with Crippen LogP contribution in [-0.2, 0) is 14.3 Å². The van der Waals surface area contributed by atoms with Gasteiger partial charge >= 0.3 is 5.97 Å². The van der Waals surface area contributed by atoms with Gasteiger partial charge in [-0.3, -0.25) is 4.79 Å². The lowest BCUT2D eigenvalue weighted by molar-refractivity contribution is -0.142. The molecule has 0 aromatic rings. The van der Waals surface area contributed by atoms with Crippen molar-refractivity contribution in [1.82, 2.24) is 0 Å². The molecule has 0 atom stereocenters. The zero-order chi connectivity index (χ0) is 12.3. The van der Waals surface area contributed by atoms with Crippen LogP contribution in [0.3, 0.4) is 0 Å². The minimum atomic E-state index is -0.836. The highest BCUT2D eigenvalue weighted by Crippen LogP contribution is 2.32. The van der Waals surface area contributed by atoms with Crippen molar-refractivity contribution in [2.24, 2.45) is 5.41 Å². The second-order valence-electron chi connectivity index (χ2n) is 4.41. The molecule has 88 valence electrons. The molecule has 0 aromatic carbocycles. The third-order valence-corrected chi connectivity index (χ3v) is 2.37. The summed E-state index contributed by atoms with van der Waals surface area (Å²) >= 11 is 0. The molecule has 4 nitrogen and oxygen atoms in total. The van der Waals surface area contributed by atoms with Crippen molar-refractivity contribution in [3.63, 3.8) is 0 Å². The van der Waals surface area contributed by atoms with Crippen molar-refractivity contribution < 1.29 is 19.4 Å². The number of carbonyl (C=O) groups excluding carboxylic acids is 2. The Hall–Kier alpha value is -1.58. The van der Waals surface area contributed by atoms with E-state index in [0.29, 0.717) is 6.42 Å². The first-order valence-electron chi connectivity index (χ1n) is 5.20. The zero-order valence-electron chi connectivity index (χ0n) is 9.74. The second-order valence-corrected chi connectivity index (χ2v) is 4.41. The number of hydrogen-bond acceptors (Lipinski definition) is 4. The summed E-state index contributed by atoms with van der Waals surface area (Å²) in [6.45, 7) is 5.66. The van der Waals surface area contributed by atoms with E-state index in [2.05, 4.69) is 4.74 Å². The van der Waals surface area contributed by atoms with Crippen molar-refractivity contribution in [2.75, 3.05) is 6.61 Å². The fraction of sp³-hybridized carbons (Fsp3) is 0.500. The largest absolute Gasteiger partial charge is 0.502 e. The third kappa shape index (κ3) is 2.72. The maximum atomic E-state index is 11.5. The minimum absolute atomic E-state index is 0.131. The number of esters is 1. The summed E-state index contributed by atoms with van der Waals surface area (Å²) in [5.74, 6) is -1.73. The monoisotopic (exact) mass is 224 g/mol. The number of allylic oxidation sites excluding steroid dienone is 3. The van der Waals surface area contributed by atoms with Gasteiger partial charge in [0.2, 0.25) is 5.76 Å². The molecule has 0 saturated heterocycles. The molecule has 1 aliphatic carbocycles. The molecule has 1 N–H and O–H groups in total. The smallest absolute Gasteiger partial charge is 0.373 e. The van der Waals surface area contributed by atoms with Gasteiger partial charge in [0, 0.05) is 5.57 Å². The number of carbonyl (C=O) groups is 2. The predicted molar refractivity (Wildman–Crippen MR) is 58.8 cm³/mol. The summed E-state index contributed by atoms with van der Waals surface area (Å²) in [5.41, 5.74) is -0.102. The Morgan fingerprint density at radius 3 is 2.75 bits per heavy atom. The Morgan fingerprint density at radius 1 is 1.56 bits per heavy atom. The summed E-state index contributed by atoms with van der Waals surface area (Å²) < 4.78 is 4.65. The van der Waals surface area contributed by atoms with E-state index >= 15 is 0 Å². The first-order valence-corrected chi connectivity index (χ1v) is 5.20. The van der Waals surface area contributed by atoms with E-state index in [0.717, 1.165) is 0 Å². The molecule has 0 spiro atoms. The molecule has 0 radical (unpaired) electrons. The highest BCUT2D eigenvalue weighted by molar-refractivity contribution is 6.09. The van der Waals surface area contributed by atoms with Gasteiger partial charge in [-0.2, -0.15) is 0 Å². The van der Waals surface area contributed by atoms with Crippen molar-refractivity contribution >= 4 is 11.8 Å². The van der Waals surface area contributed by atoms with Crippen molar-refractivity contribution in [1.29, 1.82) is 0 Å². The molecule has 4 heteroatoms. The Labute approximate surface area is 94.6 Å². The first-order chi connectivity index (χ1) is 7.37. The van der Waals surface area contributed by atoms with Crippen molar-refractivity contribution in [3.8, 4) is 0 Å². The molecule has 0 unspecified atom stereocenters. The van der Waals surface area contributed by atoms with Gasteiger partial charge in [-0.05, 0) is 24.8 Å². The van der Waals surface area contributed by atoms with Crippen molar-refractivity contribution in [3.05, 3.63) is 23.5 Å². The summed E-state index contributed by atoms with van der Waals surface area (Å²) in [6, 6.07) is 0. The quantitative estimate of drug-likeness (QED) is 0.442. The zero-order valence-corrected chi connectivity index (χ0v) is 9.74. The Balaban J connectivity index is 3.03. The maximum Gasteiger partial charge on any atom is 0.373 e. The molecular formula is C12H16O4. The van der Waals surface area contributed by atoms with Gasteiger partial charge < -0.3 is 9.84 Å². The SMILES string of the molecule is CCOC(=O)C(O)=C1CC(C)(C)C=CC1=O. The molecule has 1 rings (SSSR count). The first kappa shape index (κ1) is 12.5. The van der Waals surface area contributed by atoms with Gasteiger partial charge in [-0.25, -0.2) is 4.79 Å². The van der Waals surface area contributed by atoms with Gasteiger partial charge in [0.1, 0.15) is 0 Å².